The normalized spacial score (nSPS) is 11.9. The fraction of sp³-hybridized carbons (Fsp3) is 0.278. The number of rotatable bonds is 6. The molecule has 21 heavy (non-hydrogen) atoms. The monoisotopic (exact) mass is 283 g/mol. The van der Waals surface area contributed by atoms with Gasteiger partial charge in [0.15, 0.2) is 0 Å². The van der Waals surface area contributed by atoms with E-state index in [0.29, 0.717) is 18.9 Å². The summed E-state index contributed by atoms with van der Waals surface area (Å²) < 4.78 is 0. The predicted molar refractivity (Wildman–Crippen MR) is 84.3 cm³/mol. The van der Waals surface area contributed by atoms with Crippen LogP contribution in [0.4, 0.5) is 0 Å². The van der Waals surface area contributed by atoms with E-state index in [1.807, 2.05) is 24.3 Å². The van der Waals surface area contributed by atoms with Crippen LogP contribution in [-0.2, 0) is 11.2 Å². The summed E-state index contributed by atoms with van der Waals surface area (Å²) in [5, 5.41) is 12.3. The molecule has 0 spiro atoms. The lowest BCUT2D eigenvalue weighted by Gasteiger charge is -2.12. The van der Waals surface area contributed by atoms with Crippen molar-refractivity contribution < 1.29 is 9.90 Å². The van der Waals surface area contributed by atoms with Crippen LogP contribution in [-0.4, -0.2) is 17.6 Å². The molecule has 0 aliphatic carbocycles. The highest BCUT2D eigenvalue weighted by Crippen LogP contribution is 2.17. The summed E-state index contributed by atoms with van der Waals surface area (Å²) in [4.78, 5) is 11.8. The van der Waals surface area contributed by atoms with Gasteiger partial charge in [-0.05, 0) is 35.6 Å². The van der Waals surface area contributed by atoms with E-state index in [-0.39, 0.29) is 11.7 Å². The SMILES string of the molecule is CC(CCNC(=O)Cc1cccc(O)c1)c1ccccc1. The third-order valence-corrected chi connectivity index (χ3v) is 3.54. The molecule has 0 heterocycles. The lowest BCUT2D eigenvalue weighted by Crippen LogP contribution is -2.26. The van der Waals surface area contributed by atoms with Gasteiger partial charge in [-0.3, -0.25) is 4.79 Å². The highest BCUT2D eigenvalue weighted by Gasteiger charge is 2.07. The summed E-state index contributed by atoms with van der Waals surface area (Å²) >= 11 is 0. The number of nitrogens with one attached hydrogen (secondary N) is 1. The van der Waals surface area contributed by atoms with Gasteiger partial charge in [0.25, 0.3) is 0 Å². The average Bonchev–Trinajstić information content (AvgIpc) is 2.48. The Hall–Kier alpha value is -2.29. The zero-order valence-corrected chi connectivity index (χ0v) is 12.3. The van der Waals surface area contributed by atoms with Crippen LogP contribution in [0.3, 0.4) is 0 Å². The summed E-state index contributed by atoms with van der Waals surface area (Å²) in [6, 6.07) is 17.1. The minimum atomic E-state index is -0.0131. The molecule has 0 radical (unpaired) electrons. The Morgan fingerprint density at radius 1 is 1.14 bits per heavy atom. The first-order valence-corrected chi connectivity index (χ1v) is 7.24. The van der Waals surface area contributed by atoms with E-state index in [1.165, 1.54) is 5.56 Å². The largest absolute Gasteiger partial charge is 0.508 e. The number of hydrogen-bond acceptors (Lipinski definition) is 2. The second-order valence-electron chi connectivity index (χ2n) is 5.30. The smallest absolute Gasteiger partial charge is 0.224 e. The van der Waals surface area contributed by atoms with Gasteiger partial charge in [-0.1, -0.05) is 49.4 Å². The Kier molecular flexibility index (Phi) is 5.38. The zero-order valence-electron chi connectivity index (χ0n) is 12.3. The van der Waals surface area contributed by atoms with E-state index < -0.39 is 0 Å². The second-order valence-corrected chi connectivity index (χ2v) is 5.30. The molecule has 110 valence electrons. The van der Waals surface area contributed by atoms with Gasteiger partial charge in [-0.15, -0.1) is 0 Å². The lowest BCUT2D eigenvalue weighted by atomic mass is 9.98. The van der Waals surface area contributed by atoms with E-state index in [4.69, 9.17) is 0 Å². The summed E-state index contributed by atoms with van der Waals surface area (Å²) in [7, 11) is 0. The van der Waals surface area contributed by atoms with Gasteiger partial charge in [0.05, 0.1) is 6.42 Å². The van der Waals surface area contributed by atoms with Crippen LogP contribution in [0.5, 0.6) is 5.75 Å². The maximum Gasteiger partial charge on any atom is 0.224 e. The maximum absolute atomic E-state index is 11.8. The summed E-state index contributed by atoms with van der Waals surface area (Å²) in [6.45, 7) is 2.82. The maximum atomic E-state index is 11.8. The molecule has 0 aliphatic rings. The van der Waals surface area contributed by atoms with Crippen molar-refractivity contribution in [1.29, 1.82) is 0 Å². The summed E-state index contributed by atoms with van der Waals surface area (Å²) in [5.74, 6) is 0.603. The molecule has 0 aromatic heterocycles. The molecule has 2 N–H and O–H groups in total. The third kappa shape index (κ3) is 4.95. The summed E-state index contributed by atoms with van der Waals surface area (Å²) in [5.41, 5.74) is 2.11. The molecule has 1 unspecified atom stereocenters. The van der Waals surface area contributed by atoms with Crippen molar-refractivity contribution in [1.82, 2.24) is 5.32 Å². The van der Waals surface area contributed by atoms with Gasteiger partial charge < -0.3 is 10.4 Å². The molecule has 2 aromatic carbocycles. The molecule has 1 amide bonds. The molecule has 2 aromatic rings. The fourth-order valence-corrected chi connectivity index (χ4v) is 2.29. The molecule has 1 atom stereocenters. The number of carbonyl (C=O) groups is 1. The number of benzene rings is 2. The van der Waals surface area contributed by atoms with Crippen molar-refractivity contribution in [2.24, 2.45) is 0 Å². The number of hydrogen-bond donors (Lipinski definition) is 2. The summed E-state index contributed by atoms with van der Waals surface area (Å²) in [6.07, 6.45) is 1.21. The number of carbonyl (C=O) groups excluding carboxylic acids is 1. The van der Waals surface area contributed by atoms with Crippen LogP contribution in [0.25, 0.3) is 0 Å². The first-order valence-electron chi connectivity index (χ1n) is 7.24. The number of aromatic hydroxyl groups is 1. The van der Waals surface area contributed by atoms with Crippen molar-refractivity contribution in [3.05, 3.63) is 65.7 Å². The van der Waals surface area contributed by atoms with Crippen LogP contribution >= 0.6 is 0 Å². The van der Waals surface area contributed by atoms with Crippen LogP contribution in [0, 0.1) is 0 Å². The number of phenolic OH excluding ortho intramolecular Hbond substituents is 1. The Bertz CT molecular complexity index is 581. The molecule has 3 nitrogen and oxygen atoms in total. The number of amides is 1. The minimum absolute atomic E-state index is 0.0131. The first-order chi connectivity index (χ1) is 10.1. The van der Waals surface area contributed by atoms with Crippen LogP contribution in [0.1, 0.15) is 30.4 Å². The topological polar surface area (TPSA) is 49.3 Å². The number of phenols is 1. The molecule has 0 aliphatic heterocycles. The van der Waals surface area contributed by atoms with E-state index in [0.717, 1.165) is 12.0 Å². The van der Waals surface area contributed by atoms with Crippen LogP contribution in [0.15, 0.2) is 54.6 Å². The van der Waals surface area contributed by atoms with Crippen LogP contribution in [0.2, 0.25) is 0 Å². The van der Waals surface area contributed by atoms with E-state index in [1.54, 1.807) is 18.2 Å². The first kappa shape index (κ1) is 15.1. The quantitative estimate of drug-likeness (QED) is 0.855. The Morgan fingerprint density at radius 2 is 1.90 bits per heavy atom. The molecule has 2 rings (SSSR count). The van der Waals surface area contributed by atoms with Gasteiger partial charge in [-0.25, -0.2) is 0 Å². The van der Waals surface area contributed by atoms with Gasteiger partial charge in [0, 0.05) is 6.54 Å². The van der Waals surface area contributed by atoms with Gasteiger partial charge >= 0.3 is 0 Å². The molecule has 3 heteroatoms. The van der Waals surface area contributed by atoms with E-state index in [9.17, 15) is 9.90 Å². The molecule has 0 bridgehead atoms. The minimum Gasteiger partial charge on any atom is -0.508 e. The van der Waals surface area contributed by atoms with Gasteiger partial charge in [0.1, 0.15) is 5.75 Å². The van der Waals surface area contributed by atoms with E-state index >= 15 is 0 Å². The Morgan fingerprint density at radius 3 is 2.62 bits per heavy atom. The predicted octanol–water partition coefficient (Wildman–Crippen LogP) is 3.24. The van der Waals surface area contributed by atoms with Gasteiger partial charge in [0.2, 0.25) is 5.91 Å². The Balaban J connectivity index is 1.74. The molecule has 0 saturated carbocycles. The standard InChI is InChI=1S/C18H21NO2/c1-14(16-7-3-2-4-8-16)10-11-19-18(21)13-15-6-5-9-17(20)12-15/h2-9,12,14,20H,10-11,13H2,1H3,(H,19,21). The zero-order chi connectivity index (χ0) is 15.1. The van der Waals surface area contributed by atoms with Crippen molar-refractivity contribution >= 4 is 5.91 Å². The molecular weight excluding hydrogens is 262 g/mol. The molecular formula is C18H21NO2. The molecule has 0 saturated heterocycles. The second kappa shape index (κ2) is 7.48. The average molecular weight is 283 g/mol. The van der Waals surface area contributed by atoms with Crippen molar-refractivity contribution in [2.75, 3.05) is 6.54 Å². The fourth-order valence-electron chi connectivity index (χ4n) is 2.29. The van der Waals surface area contributed by atoms with E-state index in [2.05, 4.69) is 24.4 Å². The van der Waals surface area contributed by atoms with Crippen molar-refractivity contribution in [2.45, 2.75) is 25.7 Å². The molecule has 0 fully saturated rings. The highest BCUT2D eigenvalue weighted by molar-refractivity contribution is 5.78. The lowest BCUT2D eigenvalue weighted by molar-refractivity contribution is -0.120. The van der Waals surface area contributed by atoms with Crippen molar-refractivity contribution in [3.8, 4) is 5.75 Å². The highest BCUT2D eigenvalue weighted by atomic mass is 16.3. The third-order valence-electron chi connectivity index (χ3n) is 3.54. The Labute approximate surface area is 125 Å². The van der Waals surface area contributed by atoms with Crippen LogP contribution < -0.4 is 5.32 Å². The van der Waals surface area contributed by atoms with Crippen molar-refractivity contribution in [3.63, 3.8) is 0 Å². The van der Waals surface area contributed by atoms with Gasteiger partial charge in [-0.2, -0.15) is 0 Å².